The molecule has 3 N–H and O–H groups in total. The molecule has 2 aromatic rings. The third-order valence-electron chi connectivity index (χ3n) is 2.68. The van der Waals surface area contributed by atoms with Gasteiger partial charge in [0.1, 0.15) is 11.6 Å². The Morgan fingerprint density at radius 3 is 2.89 bits per heavy atom. The van der Waals surface area contributed by atoms with E-state index in [4.69, 9.17) is 5.73 Å². The van der Waals surface area contributed by atoms with Crippen molar-refractivity contribution in [1.29, 1.82) is 0 Å². The molecule has 6 heteroatoms. The SMILES string of the molecule is NCCCCNc1nc(Cc2ccccc2F)ns1. The second-order valence-corrected chi connectivity index (χ2v) is 4.96. The molecule has 0 aliphatic carbocycles. The lowest BCUT2D eigenvalue weighted by molar-refractivity contribution is 0.612. The third-order valence-corrected chi connectivity index (χ3v) is 3.39. The van der Waals surface area contributed by atoms with Crippen LogP contribution >= 0.6 is 11.5 Å². The summed E-state index contributed by atoms with van der Waals surface area (Å²) in [5.41, 5.74) is 6.04. The molecule has 0 fully saturated rings. The van der Waals surface area contributed by atoms with Crippen LogP contribution in [-0.2, 0) is 6.42 Å². The number of nitrogens with one attached hydrogen (secondary N) is 1. The zero-order valence-electron chi connectivity index (χ0n) is 10.6. The minimum atomic E-state index is -0.213. The lowest BCUT2D eigenvalue weighted by atomic mass is 10.1. The lowest BCUT2D eigenvalue weighted by Crippen LogP contribution is -2.05. The van der Waals surface area contributed by atoms with Gasteiger partial charge in [-0.3, -0.25) is 0 Å². The summed E-state index contributed by atoms with van der Waals surface area (Å²) in [5.74, 6) is 0.436. The molecule has 0 amide bonds. The van der Waals surface area contributed by atoms with E-state index in [1.54, 1.807) is 12.1 Å². The number of nitrogens with two attached hydrogens (primary N) is 1. The number of anilines is 1. The van der Waals surface area contributed by atoms with E-state index in [0.717, 1.165) is 24.5 Å². The van der Waals surface area contributed by atoms with Crippen molar-refractivity contribution in [3.05, 3.63) is 41.5 Å². The Kier molecular flexibility index (Phi) is 5.23. The van der Waals surface area contributed by atoms with E-state index in [2.05, 4.69) is 14.7 Å². The molecular weight excluding hydrogens is 263 g/mol. The smallest absolute Gasteiger partial charge is 0.202 e. The third kappa shape index (κ3) is 4.25. The van der Waals surface area contributed by atoms with E-state index >= 15 is 0 Å². The van der Waals surface area contributed by atoms with Gasteiger partial charge in [0.2, 0.25) is 5.13 Å². The Labute approximate surface area is 116 Å². The number of rotatable bonds is 7. The van der Waals surface area contributed by atoms with Crippen LogP contribution in [0.1, 0.15) is 24.2 Å². The van der Waals surface area contributed by atoms with Gasteiger partial charge in [0.25, 0.3) is 0 Å². The molecule has 0 aliphatic heterocycles. The molecule has 2 rings (SSSR count). The molecule has 0 saturated heterocycles. The summed E-state index contributed by atoms with van der Waals surface area (Å²) in [6.07, 6.45) is 2.43. The van der Waals surface area contributed by atoms with Gasteiger partial charge in [-0.15, -0.1) is 0 Å². The Bertz CT molecular complexity index is 515. The average molecular weight is 280 g/mol. The molecule has 4 nitrogen and oxygen atoms in total. The highest BCUT2D eigenvalue weighted by atomic mass is 32.1. The van der Waals surface area contributed by atoms with Gasteiger partial charge in [0, 0.05) is 24.5 Å². The largest absolute Gasteiger partial charge is 0.360 e. The van der Waals surface area contributed by atoms with Crippen LogP contribution < -0.4 is 11.1 Å². The van der Waals surface area contributed by atoms with Gasteiger partial charge in [-0.05, 0) is 31.0 Å². The summed E-state index contributed by atoms with van der Waals surface area (Å²) < 4.78 is 17.7. The topological polar surface area (TPSA) is 63.8 Å². The van der Waals surface area contributed by atoms with Crippen LogP contribution in [0.5, 0.6) is 0 Å². The van der Waals surface area contributed by atoms with Crippen LogP contribution in [0.4, 0.5) is 9.52 Å². The van der Waals surface area contributed by atoms with Gasteiger partial charge >= 0.3 is 0 Å². The average Bonchev–Trinajstić information content (AvgIpc) is 2.85. The van der Waals surface area contributed by atoms with Crippen molar-refractivity contribution in [3.8, 4) is 0 Å². The second-order valence-electron chi connectivity index (χ2n) is 4.21. The van der Waals surface area contributed by atoms with Gasteiger partial charge in [-0.25, -0.2) is 9.37 Å². The van der Waals surface area contributed by atoms with Crippen LogP contribution in [-0.4, -0.2) is 22.4 Å². The number of hydrogen-bond donors (Lipinski definition) is 2. The molecule has 0 saturated carbocycles. The first-order valence-corrected chi connectivity index (χ1v) is 7.07. The van der Waals surface area contributed by atoms with E-state index in [0.29, 0.717) is 24.4 Å². The van der Waals surface area contributed by atoms with Crippen LogP contribution in [0.3, 0.4) is 0 Å². The fourth-order valence-electron chi connectivity index (χ4n) is 1.67. The van der Waals surface area contributed by atoms with Gasteiger partial charge in [-0.1, -0.05) is 18.2 Å². The van der Waals surface area contributed by atoms with E-state index in [9.17, 15) is 4.39 Å². The zero-order valence-corrected chi connectivity index (χ0v) is 11.4. The van der Waals surface area contributed by atoms with Gasteiger partial charge in [-0.2, -0.15) is 4.37 Å². The number of nitrogens with zero attached hydrogens (tertiary/aromatic N) is 2. The van der Waals surface area contributed by atoms with Gasteiger partial charge in [0.05, 0.1) is 0 Å². The van der Waals surface area contributed by atoms with Crippen molar-refractivity contribution in [3.63, 3.8) is 0 Å². The standard InChI is InChI=1S/C13H17FN4S/c14-11-6-2-1-5-10(11)9-12-17-13(19-18-12)16-8-4-3-7-15/h1-2,5-6H,3-4,7-9,15H2,(H,16,17,18). The van der Waals surface area contributed by atoms with Crippen LogP contribution in [0.2, 0.25) is 0 Å². The molecule has 0 atom stereocenters. The van der Waals surface area contributed by atoms with E-state index < -0.39 is 0 Å². The fourth-order valence-corrected chi connectivity index (χ4v) is 2.28. The van der Waals surface area contributed by atoms with Crippen LogP contribution in [0.15, 0.2) is 24.3 Å². The Morgan fingerprint density at radius 1 is 1.26 bits per heavy atom. The first-order valence-electron chi connectivity index (χ1n) is 6.29. The number of unbranched alkanes of at least 4 members (excludes halogenated alkanes) is 1. The summed E-state index contributed by atoms with van der Waals surface area (Å²) in [4.78, 5) is 4.34. The molecule has 1 aromatic carbocycles. The fraction of sp³-hybridized carbons (Fsp3) is 0.385. The van der Waals surface area contributed by atoms with Crippen molar-refractivity contribution in [2.45, 2.75) is 19.3 Å². The van der Waals surface area contributed by atoms with E-state index in [1.807, 2.05) is 6.07 Å². The minimum absolute atomic E-state index is 0.213. The highest BCUT2D eigenvalue weighted by molar-refractivity contribution is 7.09. The number of halogens is 1. The van der Waals surface area contributed by atoms with Crippen molar-refractivity contribution >= 4 is 16.7 Å². The number of benzene rings is 1. The molecule has 19 heavy (non-hydrogen) atoms. The second kappa shape index (κ2) is 7.16. The highest BCUT2D eigenvalue weighted by Crippen LogP contribution is 2.15. The predicted molar refractivity (Wildman–Crippen MR) is 75.9 cm³/mol. The molecule has 0 bridgehead atoms. The normalized spacial score (nSPS) is 10.6. The monoisotopic (exact) mass is 280 g/mol. The quantitative estimate of drug-likeness (QED) is 0.765. The molecule has 0 radical (unpaired) electrons. The molecule has 102 valence electrons. The number of aromatic nitrogens is 2. The maximum absolute atomic E-state index is 13.5. The summed E-state index contributed by atoms with van der Waals surface area (Å²) in [7, 11) is 0. The van der Waals surface area contributed by atoms with Crippen LogP contribution in [0, 0.1) is 5.82 Å². The lowest BCUT2D eigenvalue weighted by Gasteiger charge is -2.00. The summed E-state index contributed by atoms with van der Waals surface area (Å²) in [6.45, 7) is 1.54. The Balaban J connectivity index is 1.89. The Hall–Kier alpha value is -1.53. The summed E-state index contributed by atoms with van der Waals surface area (Å²) >= 11 is 1.31. The number of hydrogen-bond acceptors (Lipinski definition) is 5. The molecular formula is C13H17FN4S. The maximum atomic E-state index is 13.5. The van der Waals surface area contributed by atoms with Crippen molar-refractivity contribution in [1.82, 2.24) is 9.36 Å². The zero-order chi connectivity index (χ0) is 13.5. The van der Waals surface area contributed by atoms with Crippen molar-refractivity contribution in [2.24, 2.45) is 5.73 Å². The summed E-state index contributed by atoms with van der Waals surface area (Å²) in [5, 5.41) is 3.98. The van der Waals surface area contributed by atoms with Crippen LogP contribution in [0.25, 0.3) is 0 Å². The molecule has 1 aromatic heterocycles. The van der Waals surface area contributed by atoms with Gasteiger partial charge < -0.3 is 11.1 Å². The Morgan fingerprint density at radius 2 is 2.11 bits per heavy atom. The van der Waals surface area contributed by atoms with Crippen molar-refractivity contribution < 1.29 is 4.39 Å². The highest BCUT2D eigenvalue weighted by Gasteiger charge is 2.07. The molecule has 0 aliphatic rings. The molecule has 0 unspecified atom stereocenters. The predicted octanol–water partition coefficient (Wildman–Crippen LogP) is 2.42. The van der Waals surface area contributed by atoms with Gasteiger partial charge in [0.15, 0.2) is 0 Å². The first-order chi connectivity index (χ1) is 9.29. The minimum Gasteiger partial charge on any atom is -0.360 e. The van der Waals surface area contributed by atoms with E-state index in [-0.39, 0.29) is 5.82 Å². The van der Waals surface area contributed by atoms with E-state index in [1.165, 1.54) is 17.6 Å². The maximum Gasteiger partial charge on any atom is 0.202 e. The van der Waals surface area contributed by atoms with Crippen molar-refractivity contribution in [2.75, 3.05) is 18.4 Å². The summed E-state index contributed by atoms with van der Waals surface area (Å²) in [6, 6.07) is 6.70. The first kappa shape index (κ1) is 13.9. The molecule has 1 heterocycles. The molecule has 0 spiro atoms.